The molecule has 0 aliphatic rings. The molecule has 28 valence electrons. The summed E-state index contributed by atoms with van der Waals surface area (Å²) in [4.78, 5) is 0. The monoisotopic (exact) mass is 142 g/mol. The van der Waals surface area contributed by atoms with Gasteiger partial charge in [0.05, 0.1) is 0 Å². The summed E-state index contributed by atoms with van der Waals surface area (Å²) in [6.45, 7) is 1.93. The van der Waals surface area contributed by atoms with Crippen LogP contribution in [0.4, 0.5) is 0 Å². The van der Waals surface area contributed by atoms with Crippen molar-refractivity contribution in [2.75, 3.05) is 6.61 Å². The minimum absolute atomic E-state index is 0. The van der Waals surface area contributed by atoms with Crippen molar-refractivity contribution in [2.45, 2.75) is 6.92 Å². The topological polar surface area (TPSA) is 20.2 Å². The summed E-state index contributed by atoms with van der Waals surface area (Å²) < 4.78 is 0. The first-order valence-electron chi connectivity index (χ1n) is 1.02. The molecule has 1 N–H and O–H groups in total. The fourth-order valence-corrected chi connectivity index (χ4v) is 0. The van der Waals surface area contributed by atoms with E-state index in [2.05, 4.69) is 0 Å². The van der Waals surface area contributed by atoms with Gasteiger partial charge in [-0.2, -0.15) is 0 Å². The van der Waals surface area contributed by atoms with Crippen LogP contribution >= 0.6 is 0 Å². The van der Waals surface area contributed by atoms with E-state index in [1.165, 1.54) is 0 Å². The van der Waals surface area contributed by atoms with Gasteiger partial charge in [-0.1, -0.05) is 0 Å². The first kappa shape index (κ1) is 30.6. The maximum Gasteiger partial charge on any atom is 1.00 e. The largest absolute Gasteiger partial charge is 1.00 e. The summed E-state index contributed by atoms with van der Waals surface area (Å²) in [6.07, 6.45) is 0. The maximum atomic E-state index is 7.57. The molecule has 0 saturated heterocycles. The fraction of sp³-hybridized carbons (Fsp3) is 1.00. The Labute approximate surface area is 139 Å². The van der Waals surface area contributed by atoms with Gasteiger partial charge >= 0.3 is 118 Å². The van der Waals surface area contributed by atoms with E-state index in [4.69, 9.17) is 5.11 Å². The second-order valence-electron chi connectivity index (χ2n) is 0.316. The molecule has 0 bridgehead atoms. The molecule has 0 saturated carbocycles. The third-order valence-electron chi connectivity index (χ3n) is 0. The summed E-state index contributed by atoms with van der Waals surface area (Å²) in [5, 5.41) is 7.57. The quantitative estimate of drug-likeness (QED) is 0.333. The average Bonchev–Trinajstić information content (AvgIpc) is 0.918. The second kappa shape index (κ2) is 32.5. The molecule has 0 unspecified atom stereocenters. The van der Waals surface area contributed by atoms with E-state index in [1.54, 1.807) is 6.92 Å². The molecule has 0 aliphatic heterocycles. The SMILES string of the molecule is CCO.[H-].[H-].[H-].[H-].[Na+].[Na+].[Na+].[Na+]. The number of hydrogen-bond acceptors (Lipinski definition) is 1. The van der Waals surface area contributed by atoms with Crippen LogP contribution in [0.5, 0.6) is 0 Å². The van der Waals surface area contributed by atoms with Crippen LogP contribution in [0, 0.1) is 0 Å². The standard InChI is InChI=1S/C2H6O.4Na.4H/c1-2-3;;;;;;;;/h3H,2H2,1H3;;;;;;;;/q;4*+1;4*-1. The van der Waals surface area contributed by atoms with Crippen molar-refractivity contribution in [1.82, 2.24) is 0 Å². The summed E-state index contributed by atoms with van der Waals surface area (Å²) in [7, 11) is 0. The van der Waals surface area contributed by atoms with Crippen LogP contribution in [0.1, 0.15) is 12.6 Å². The van der Waals surface area contributed by atoms with Crippen molar-refractivity contribution in [3.8, 4) is 0 Å². The maximum absolute atomic E-state index is 7.57. The molecule has 0 heterocycles. The molecule has 0 aromatic heterocycles. The van der Waals surface area contributed by atoms with Gasteiger partial charge in [0.1, 0.15) is 0 Å². The smallest absolute Gasteiger partial charge is 1.00 e. The van der Waals surface area contributed by atoms with Gasteiger partial charge in [0.2, 0.25) is 0 Å². The molecule has 0 atom stereocenters. The van der Waals surface area contributed by atoms with Gasteiger partial charge in [0, 0.05) is 6.61 Å². The van der Waals surface area contributed by atoms with Gasteiger partial charge in [-0.3, -0.25) is 0 Å². The van der Waals surface area contributed by atoms with E-state index >= 15 is 0 Å². The summed E-state index contributed by atoms with van der Waals surface area (Å²) in [5.74, 6) is 0. The molecule has 0 rings (SSSR count). The molecule has 0 aromatic rings. The van der Waals surface area contributed by atoms with Gasteiger partial charge < -0.3 is 10.8 Å². The molecular weight excluding hydrogens is 132 g/mol. The van der Waals surface area contributed by atoms with Crippen LogP contribution in [-0.4, -0.2) is 11.7 Å². The Hall–Kier alpha value is 3.96. The normalized spacial score (nSPS) is 2.57. The van der Waals surface area contributed by atoms with E-state index in [0.29, 0.717) is 0 Å². The van der Waals surface area contributed by atoms with Gasteiger partial charge in [0.25, 0.3) is 0 Å². The third kappa shape index (κ3) is 40.2. The Morgan fingerprint density at radius 2 is 1.14 bits per heavy atom. The van der Waals surface area contributed by atoms with Gasteiger partial charge in [-0.25, -0.2) is 0 Å². The molecule has 0 spiro atoms. The first-order chi connectivity index (χ1) is 1.41. The number of rotatable bonds is 0. The third-order valence-corrected chi connectivity index (χ3v) is 0. The predicted octanol–water partition coefficient (Wildman–Crippen LogP) is -11.5. The van der Waals surface area contributed by atoms with Crippen LogP contribution in [0.25, 0.3) is 0 Å². The van der Waals surface area contributed by atoms with E-state index in [1.807, 2.05) is 0 Å². The van der Waals surface area contributed by atoms with Gasteiger partial charge in [-0.15, -0.1) is 0 Å². The number of aliphatic hydroxyl groups excluding tert-OH is 1. The zero-order valence-electron chi connectivity index (χ0n) is 10.2. The van der Waals surface area contributed by atoms with Crippen LogP contribution < -0.4 is 118 Å². The van der Waals surface area contributed by atoms with Crippen LogP contribution in [0.2, 0.25) is 0 Å². The van der Waals surface area contributed by atoms with Crippen LogP contribution in [-0.2, 0) is 0 Å². The predicted molar refractivity (Wildman–Crippen MR) is 17.2 cm³/mol. The summed E-state index contributed by atoms with van der Waals surface area (Å²) >= 11 is 0. The van der Waals surface area contributed by atoms with Gasteiger partial charge in [0.15, 0.2) is 0 Å². The molecule has 5 heteroatoms. The van der Waals surface area contributed by atoms with Crippen LogP contribution in [0.3, 0.4) is 0 Å². The molecule has 0 aliphatic carbocycles. The van der Waals surface area contributed by atoms with Crippen molar-refractivity contribution in [3.63, 3.8) is 0 Å². The van der Waals surface area contributed by atoms with Crippen molar-refractivity contribution in [1.29, 1.82) is 0 Å². The van der Waals surface area contributed by atoms with Gasteiger partial charge in [-0.05, 0) is 6.92 Å². The summed E-state index contributed by atoms with van der Waals surface area (Å²) in [6, 6.07) is 0. The van der Waals surface area contributed by atoms with E-state index in [-0.39, 0.29) is 131 Å². The fourth-order valence-electron chi connectivity index (χ4n) is 0. The molecule has 1 nitrogen and oxygen atoms in total. The zero-order valence-corrected chi connectivity index (χ0v) is 14.2. The van der Waals surface area contributed by atoms with Crippen molar-refractivity contribution in [3.05, 3.63) is 0 Å². The molecule has 0 radical (unpaired) electrons. The molecule has 0 amide bonds. The molecule has 0 aromatic carbocycles. The molecule has 0 fully saturated rings. The Kier molecular flexibility index (Phi) is 142. The Bertz CT molecular complexity index is 20.1. The van der Waals surface area contributed by atoms with E-state index in [9.17, 15) is 0 Å². The first-order valence-corrected chi connectivity index (χ1v) is 1.02. The van der Waals surface area contributed by atoms with E-state index < -0.39 is 0 Å². The number of hydrogen-bond donors (Lipinski definition) is 1. The van der Waals surface area contributed by atoms with E-state index in [0.717, 1.165) is 0 Å². The second-order valence-corrected chi connectivity index (χ2v) is 0.316. The Morgan fingerprint density at radius 1 is 1.14 bits per heavy atom. The Balaban J connectivity index is -0.000000000714. The Morgan fingerprint density at radius 3 is 1.14 bits per heavy atom. The minimum atomic E-state index is 0. The van der Waals surface area contributed by atoms with Crippen molar-refractivity contribution in [2.24, 2.45) is 0 Å². The molecule has 7 heavy (non-hydrogen) atoms. The molecular formula is C2H10Na4O. The van der Waals surface area contributed by atoms with Crippen LogP contribution in [0.15, 0.2) is 0 Å². The number of aliphatic hydroxyl groups is 1. The minimum Gasteiger partial charge on any atom is -1.00 e. The average molecular weight is 142 g/mol. The zero-order chi connectivity index (χ0) is 2.71. The van der Waals surface area contributed by atoms with Crippen molar-refractivity contribution < 1.29 is 129 Å². The summed E-state index contributed by atoms with van der Waals surface area (Å²) in [5.41, 5.74) is 0. The van der Waals surface area contributed by atoms with Crippen molar-refractivity contribution >= 4 is 0 Å².